The largest absolute Gasteiger partial charge is 0.490 e. The highest BCUT2D eigenvalue weighted by molar-refractivity contribution is 9.10. The van der Waals surface area contributed by atoms with Crippen LogP contribution in [0.15, 0.2) is 46.9 Å². The van der Waals surface area contributed by atoms with E-state index in [9.17, 15) is 0 Å². The summed E-state index contributed by atoms with van der Waals surface area (Å²) in [6.07, 6.45) is 6.26. The molecule has 0 heterocycles. The smallest absolute Gasteiger partial charge is 0.163 e. The van der Waals surface area contributed by atoms with E-state index in [1.807, 2.05) is 25.1 Å². The number of terminal acetylenes is 1. The Labute approximate surface area is 152 Å². The first-order valence-corrected chi connectivity index (χ1v) is 8.80. The first-order chi connectivity index (χ1) is 11.7. The van der Waals surface area contributed by atoms with Gasteiger partial charge in [0.15, 0.2) is 11.5 Å². The van der Waals surface area contributed by atoms with Gasteiger partial charge >= 0.3 is 0 Å². The van der Waals surface area contributed by atoms with Crippen LogP contribution in [-0.4, -0.2) is 19.8 Å². The van der Waals surface area contributed by atoms with E-state index in [4.69, 9.17) is 15.9 Å². The molecule has 2 rings (SSSR count). The Balaban J connectivity index is 1.96. The SMILES string of the molecule is C#CCOc1cc(Br)c(CNCCc2ccccc2)cc1OCC. The molecule has 0 radical (unpaired) electrons. The Kier molecular flexibility index (Phi) is 7.67. The molecule has 0 unspecified atom stereocenters. The van der Waals surface area contributed by atoms with E-state index in [0.717, 1.165) is 35.3 Å². The summed E-state index contributed by atoms with van der Waals surface area (Å²) in [5.41, 5.74) is 2.46. The van der Waals surface area contributed by atoms with Crippen LogP contribution >= 0.6 is 15.9 Å². The Morgan fingerprint density at radius 2 is 1.88 bits per heavy atom. The summed E-state index contributed by atoms with van der Waals surface area (Å²) < 4.78 is 12.2. The number of hydrogen-bond donors (Lipinski definition) is 1. The van der Waals surface area contributed by atoms with Crippen LogP contribution in [0.3, 0.4) is 0 Å². The molecule has 0 aliphatic carbocycles. The number of halogens is 1. The molecule has 0 spiro atoms. The fourth-order valence-corrected chi connectivity index (χ4v) is 2.78. The van der Waals surface area contributed by atoms with E-state index in [-0.39, 0.29) is 6.61 Å². The van der Waals surface area contributed by atoms with Crippen LogP contribution in [0.5, 0.6) is 11.5 Å². The standard InChI is InChI=1S/C20H22BrNO2/c1-3-12-24-20-14-18(21)17(13-19(20)23-4-2)15-22-11-10-16-8-6-5-7-9-16/h1,5-9,13-14,22H,4,10-12,15H2,2H3. The van der Waals surface area contributed by atoms with Crippen molar-refractivity contribution in [3.05, 3.63) is 58.1 Å². The number of hydrogen-bond acceptors (Lipinski definition) is 3. The van der Waals surface area contributed by atoms with Crippen molar-refractivity contribution < 1.29 is 9.47 Å². The third-order valence-electron chi connectivity index (χ3n) is 3.47. The van der Waals surface area contributed by atoms with Gasteiger partial charge in [-0.05, 0) is 43.1 Å². The van der Waals surface area contributed by atoms with E-state index in [1.54, 1.807) is 0 Å². The van der Waals surface area contributed by atoms with E-state index in [1.165, 1.54) is 5.56 Å². The number of benzene rings is 2. The summed E-state index contributed by atoms with van der Waals surface area (Å²) in [4.78, 5) is 0. The number of rotatable bonds is 9. The molecule has 0 aromatic heterocycles. The highest BCUT2D eigenvalue weighted by Crippen LogP contribution is 2.33. The van der Waals surface area contributed by atoms with E-state index >= 15 is 0 Å². The molecular formula is C20H22BrNO2. The van der Waals surface area contributed by atoms with Crippen LogP contribution in [0, 0.1) is 12.3 Å². The predicted octanol–water partition coefficient (Wildman–Crippen LogP) is 4.19. The monoisotopic (exact) mass is 387 g/mol. The van der Waals surface area contributed by atoms with Gasteiger partial charge in [-0.3, -0.25) is 0 Å². The molecule has 24 heavy (non-hydrogen) atoms. The summed E-state index contributed by atoms with van der Waals surface area (Å²) >= 11 is 3.59. The zero-order valence-corrected chi connectivity index (χ0v) is 15.4. The normalized spacial score (nSPS) is 10.2. The van der Waals surface area contributed by atoms with Crippen molar-refractivity contribution >= 4 is 15.9 Å². The lowest BCUT2D eigenvalue weighted by Crippen LogP contribution is -2.17. The Morgan fingerprint density at radius 1 is 1.12 bits per heavy atom. The van der Waals surface area contributed by atoms with Crippen molar-refractivity contribution in [2.24, 2.45) is 0 Å². The van der Waals surface area contributed by atoms with Gasteiger partial charge in [-0.2, -0.15) is 0 Å². The summed E-state index contributed by atoms with van der Waals surface area (Å²) in [6, 6.07) is 14.4. The van der Waals surface area contributed by atoms with Gasteiger partial charge in [0, 0.05) is 11.0 Å². The minimum absolute atomic E-state index is 0.223. The van der Waals surface area contributed by atoms with E-state index in [2.05, 4.69) is 51.4 Å². The molecule has 126 valence electrons. The molecule has 0 saturated heterocycles. The predicted molar refractivity (Wildman–Crippen MR) is 101 cm³/mol. The fraction of sp³-hybridized carbons (Fsp3) is 0.300. The first kappa shape index (κ1) is 18.4. The molecule has 0 amide bonds. The maximum absolute atomic E-state index is 5.66. The topological polar surface area (TPSA) is 30.5 Å². The van der Waals surface area contributed by atoms with Crippen LogP contribution in [0.1, 0.15) is 18.1 Å². The molecule has 0 aliphatic rings. The molecule has 2 aromatic carbocycles. The lowest BCUT2D eigenvalue weighted by Gasteiger charge is -2.14. The van der Waals surface area contributed by atoms with Crippen molar-refractivity contribution in [3.63, 3.8) is 0 Å². The maximum Gasteiger partial charge on any atom is 0.163 e. The van der Waals surface area contributed by atoms with Gasteiger partial charge in [0.2, 0.25) is 0 Å². The summed E-state index contributed by atoms with van der Waals surface area (Å²) in [6.45, 7) is 4.42. The molecule has 0 fully saturated rings. The average Bonchev–Trinajstić information content (AvgIpc) is 2.60. The van der Waals surface area contributed by atoms with Crippen molar-refractivity contribution in [2.45, 2.75) is 19.9 Å². The van der Waals surface area contributed by atoms with Crippen molar-refractivity contribution in [2.75, 3.05) is 19.8 Å². The Hall–Kier alpha value is -1.96. The van der Waals surface area contributed by atoms with Crippen LogP contribution in [0.4, 0.5) is 0 Å². The highest BCUT2D eigenvalue weighted by Gasteiger charge is 2.10. The first-order valence-electron chi connectivity index (χ1n) is 8.00. The molecule has 4 heteroatoms. The van der Waals surface area contributed by atoms with Crippen LogP contribution < -0.4 is 14.8 Å². The summed E-state index contributed by atoms with van der Waals surface area (Å²) in [5, 5.41) is 3.46. The molecule has 0 aliphatic heterocycles. The lowest BCUT2D eigenvalue weighted by molar-refractivity contribution is 0.298. The third-order valence-corrected chi connectivity index (χ3v) is 4.21. The number of ether oxygens (including phenoxy) is 2. The van der Waals surface area contributed by atoms with Crippen molar-refractivity contribution in [1.82, 2.24) is 5.32 Å². The summed E-state index contributed by atoms with van der Waals surface area (Å²) in [7, 11) is 0. The maximum atomic E-state index is 5.66. The Bertz CT molecular complexity index is 680. The summed E-state index contributed by atoms with van der Waals surface area (Å²) in [5.74, 6) is 3.85. The zero-order chi connectivity index (χ0) is 17.2. The van der Waals surface area contributed by atoms with Crippen LogP contribution in [0.2, 0.25) is 0 Å². The highest BCUT2D eigenvalue weighted by atomic mass is 79.9. The van der Waals surface area contributed by atoms with E-state index < -0.39 is 0 Å². The van der Waals surface area contributed by atoms with Gasteiger partial charge in [-0.15, -0.1) is 6.42 Å². The van der Waals surface area contributed by atoms with Gasteiger partial charge in [-0.1, -0.05) is 52.2 Å². The Morgan fingerprint density at radius 3 is 2.58 bits per heavy atom. The minimum Gasteiger partial charge on any atom is -0.490 e. The fourth-order valence-electron chi connectivity index (χ4n) is 2.31. The minimum atomic E-state index is 0.223. The van der Waals surface area contributed by atoms with Gasteiger partial charge in [-0.25, -0.2) is 0 Å². The quantitative estimate of drug-likeness (QED) is 0.516. The lowest BCUT2D eigenvalue weighted by atomic mass is 10.1. The van der Waals surface area contributed by atoms with Crippen molar-refractivity contribution in [3.8, 4) is 23.8 Å². The van der Waals surface area contributed by atoms with Crippen LogP contribution in [-0.2, 0) is 13.0 Å². The molecule has 3 nitrogen and oxygen atoms in total. The molecule has 2 aromatic rings. The van der Waals surface area contributed by atoms with Gasteiger partial charge in [0.05, 0.1) is 6.61 Å². The van der Waals surface area contributed by atoms with E-state index in [0.29, 0.717) is 12.4 Å². The molecule has 0 atom stereocenters. The van der Waals surface area contributed by atoms with Gasteiger partial charge in [0.25, 0.3) is 0 Å². The zero-order valence-electron chi connectivity index (χ0n) is 13.8. The molecule has 1 N–H and O–H groups in total. The van der Waals surface area contributed by atoms with Crippen LogP contribution in [0.25, 0.3) is 0 Å². The third kappa shape index (κ3) is 5.59. The second kappa shape index (κ2) is 10.0. The molecule has 0 bridgehead atoms. The average molecular weight is 388 g/mol. The molecule has 0 saturated carbocycles. The van der Waals surface area contributed by atoms with Gasteiger partial charge < -0.3 is 14.8 Å². The second-order valence-electron chi connectivity index (χ2n) is 5.23. The number of nitrogens with one attached hydrogen (secondary N) is 1. The van der Waals surface area contributed by atoms with Crippen molar-refractivity contribution in [1.29, 1.82) is 0 Å². The second-order valence-corrected chi connectivity index (χ2v) is 6.08. The van der Waals surface area contributed by atoms with Gasteiger partial charge in [0.1, 0.15) is 6.61 Å². The molecular weight excluding hydrogens is 366 g/mol.